The summed E-state index contributed by atoms with van der Waals surface area (Å²) in [6.07, 6.45) is 1.37. The van der Waals surface area contributed by atoms with Crippen LogP contribution in [0.25, 0.3) is 22.8 Å². The van der Waals surface area contributed by atoms with Gasteiger partial charge in [0.2, 0.25) is 0 Å². The highest BCUT2D eigenvalue weighted by atomic mass is 19.1. The molecule has 3 aromatic carbocycles. The van der Waals surface area contributed by atoms with Gasteiger partial charge in [0.25, 0.3) is 22.7 Å². The number of halogens is 1. The van der Waals surface area contributed by atoms with Gasteiger partial charge in [-0.25, -0.2) is 4.39 Å². The van der Waals surface area contributed by atoms with Crippen molar-refractivity contribution in [2.45, 2.75) is 0 Å². The zero-order valence-electron chi connectivity index (χ0n) is 16.1. The number of benzene rings is 3. The second-order valence-electron chi connectivity index (χ2n) is 6.91. The molecule has 0 aromatic heterocycles. The molecule has 0 unspecified atom stereocenters. The molecule has 1 aliphatic rings. The molecule has 0 saturated heterocycles. The lowest BCUT2D eigenvalue weighted by Gasteiger charge is -2.04. The fraction of sp³-hybridized carbons (Fsp3) is 0. The molecule has 33 heavy (non-hydrogen) atoms. The van der Waals surface area contributed by atoms with Crippen molar-refractivity contribution in [3.8, 4) is 11.1 Å². The third kappa shape index (κ3) is 3.52. The Bertz CT molecular complexity index is 1350. The Balaban J connectivity index is 2.18. The minimum absolute atomic E-state index is 0.0465. The van der Waals surface area contributed by atoms with E-state index in [4.69, 9.17) is 0 Å². The first-order valence-electron chi connectivity index (χ1n) is 9.00. The summed E-state index contributed by atoms with van der Waals surface area (Å²) < 4.78 is 13.3. The SMILES string of the molecule is O=[N+]([O-])c1cc2c(c([N+](=O)[O-])c1)-c1c(cc([N+](=O)[O-])cc1[N+](=O)[O-])C2=Cc1ccc(F)cc1. The monoisotopic (exact) mass is 452 g/mol. The van der Waals surface area contributed by atoms with Crippen LogP contribution in [-0.4, -0.2) is 19.7 Å². The number of rotatable bonds is 5. The molecule has 0 spiro atoms. The van der Waals surface area contributed by atoms with E-state index < -0.39 is 48.3 Å². The lowest BCUT2D eigenvalue weighted by atomic mass is 10.00. The molecule has 0 bridgehead atoms. The van der Waals surface area contributed by atoms with E-state index in [1.165, 1.54) is 18.2 Å². The van der Waals surface area contributed by atoms with Crippen molar-refractivity contribution in [3.63, 3.8) is 0 Å². The Morgan fingerprint density at radius 2 is 1.06 bits per heavy atom. The largest absolute Gasteiger partial charge is 0.284 e. The number of hydrogen-bond donors (Lipinski definition) is 0. The molecule has 0 N–H and O–H groups in total. The molecule has 4 rings (SSSR count). The van der Waals surface area contributed by atoms with Crippen LogP contribution in [0.1, 0.15) is 16.7 Å². The maximum atomic E-state index is 13.3. The predicted molar refractivity (Wildman–Crippen MR) is 112 cm³/mol. The fourth-order valence-electron chi connectivity index (χ4n) is 3.70. The summed E-state index contributed by atoms with van der Waals surface area (Å²) in [5.41, 5.74) is -3.12. The van der Waals surface area contributed by atoms with Crippen molar-refractivity contribution in [1.29, 1.82) is 0 Å². The van der Waals surface area contributed by atoms with Gasteiger partial charge in [0.15, 0.2) is 0 Å². The summed E-state index contributed by atoms with van der Waals surface area (Å²) >= 11 is 0. The molecule has 0 amide bonds. The molecule has 3 aromatic rings. The summed E-state index contributed by atoms with van der Waals surface area (Å²) in [6, 6.07) is 8.29. The van der Waals surface area contributed by atoms with Crippen molar-refractivity contribution in [2.75, 3.05) is 0 Å². The molecular formula is C20H9FN4O8. The minimum atomic E-state index is -0.915. The Labute approximate surface area is 181 Å². The molecule has 0 saturated carbocycles. The third-order valence-corrected chi connectivity index (χ3v) is 5.03. The number of nitro groups is 4. The molecule has 164 valence electrons. The van der Waals surface area contributed by atoms with Crippen LogP contribution in [0, 0.1) is 46.3 Å². The molecule has 0 fully saturated rings. The van der Waals surface area contributed by atoms with Crippen LogP contribution >= 0.6 is 0 Å². The van der Waals surface area contributed by atoms with Gasteiger partial charge in [0, 0.05) is 23.3 Å². The molecule has 1 aliphatic carbocycles. The highest BCUT2D eigenvalue weighted by molar-refractivity contribution is 6.12. The van der Waals surface area contributed by atoms with Gasteiger partial charge in [0.05, 0.1) is 43.0 Å². The van der Waals surface area contributed by atoms with Crippen molar-refractivity contribution in [2.24, 2.45) is 0 Å². The summed E-state index contributed by atoms with van der Waals surface area (Å²) in [6.45, 7) is 0. The average molecular weight is 452 g/mol. The zero-order chi connectivity index (χ0) is 24.0. The third-order valence-electron chi connectivity index (χ3n) is 5.03. The number of nitrogens with zero attached hydrogens (tertiary/aromatic N) is 4. The Morgan fingerprint density at radius 1 is 0.636 bits per heavy atom. The smallest absolute Gasteiger partial charge is 0.258 e. The van der Waals surface area contributed by atoms with E-state index in [2.05, 4.69) is 0 Å². The van der Waals surface area contributed by atoms with Crippen LogP contribution in [0.5, 0.6) is 0 Å². The molecule has 12 nitrogen and oxygen atoms in total. The fourth-order valence-corrected chi connectivity index (χ4v) is 3.70. The second kappa shape index (κ2) is 7.56. The van der Waals surface area contributed by atoms with Crippen molar-refractivity contribution in [3.05, 3.63) is 111 Å². The lowest BCUT2D eigenvalue weighted by molar-refractivity contribution is -0.395. The molecule has 0 radical (unpaired) electrons. The Kier molecular flexibility index (Phi) is 4.85. The number of fused-ring (bicyclic) bond motifs is 3. The van der Waals surface area contributed by atoms with Gasteiger partial charge in [-0.15, -0.1) is 0 Å². The van der Waals surface area contributed by atoms with Gasteiger partial charge in [0.1, 0.15) is 5.82 Å². The molecule has 0 heterocycles. The Hall–Kier alpha value is -5.07. The average Bonchev–Trinajstić information content (AvgIpc) is 3.07. The van der Waals surface area contributed by atoms with Gasteiger partial charge in [-0.3, -0.25) is 40.5 Å². The molecule has 0 atom stereocenters. The van der Waals surface area contributed by atoms with E-state index in [0.29, 0.717) is 17.7 Å². The maximum Gasteiger partial charge on any atom is 0.284 e. The van der Waals surface area contributed by atoms with Crippen LogP contribution in [0.3, 0.4) is 0 Å². The molecule has 13 heteroatoms. The van der Waals surface area contributed by atoms with Crippen molar-refractivity contribution >= 4 is 34.4 Å². The summed E-state index contributed by atoms with van der Waals surface area (Å²) in [7, 11) is 0. The van der Waals surface area contributed by atoms with Gasteiger partial charge in [-0.1, -0.05) is 12.1 Å². The number of hydrogen-bond acceptors (Lipinski definition) is 8. The molecular weight excluding hydrogens is 443 g/mol. The predicted octanol–water partition coefficient (Wildman–Crippen LogP) is 5.03. The number of non-ortho nitro benzene ring substituents is 2. The minimum Gasteiger partial charge on any atom is -0.258 e. The highest BCUT2D eigenvalue weighted by Crippen LogP contribution is 2.54. The zero-order valence-corrected chi connectivity index (χ0v) is 16.1. The maximum absolute atomic E-state index is 13.3. The van der Waals surface area contributed by atoms with Gasteiger partial charge in [-0.2, -0.15) is 0 Å². The van der Waals surface area contributed by atoms with E-state index in [1.807, 2.05) is 0 Å². The topological polar surface area (TPSA) is 173 Å². The highest BCUT2D eigenvalue weighted by Gasteiger charge is 2.40. The van der Waals surface area contributed by atoms with E-state index in [0.717, 1.165) is 24.3 Å². The van der Waals surface area contributed by atoms with E-state index in [-0.39, 0.29) is 27.8 Å². The first-order valence-corrected chi connectivity index (χ1v) is 9.00. The van der Waals surface area contributed by atoms with Crippen LogP contribution < -0.4 is 0 Å². The van der Waals surface area contributed by atoms with Gasteiger partial charge >= 0.3 is 0 Å². The van der Waals surface area contributed by atoms with E-state index in [9.17, 15) is 44.8 Å². The van der Waals surface area contributed by atoms with Crippen LogP contribution in [-0.2, 0) is 0 Å². The first kappa shape index (κ1) is 21.2. The van der Waals surface area contributed by atoms with E-state index >= 15 is 0 Å². The summed E-state index contributed by atoms with van der Waals surface area (Å²) in [5.74, 6) is -0.554. The Morgan fingerprint density at radius 3 is 1.42 bits per heavy atom. The van der Waals surface area contributed by atoms with Gasteiger partial charge < -0.3 is 0 Å². The van der Waals surface area contributed by atoms with Crippen molar-refractivity contribution < 1.29 is 24.1 Å². The van der Waals surface area contributed by atoms with Gasteiger partial charge in [-0.05, 0) is 29.3 Å². The van der Waals surface area contributed by atoms with E-state index in [1.54, 1.807) is 0 Å². The normalized spacial score (nSPS) is 11.5. The summed E-state index contributed by atoms with van der Waals surface area (Å²) in [5, 5.41) is 46.3. The lowest BCUT2D eigenvalue weighted by Crippen LogP contribution is -1.99. The molecule has 0 aliphatic heterocycles. The second-order valence-corrected chi connectivity index (χ2v) is 6.91. The quantitative estimate of drug-likeness (QED) is 0.299. The number of nitro benzene ring substituents is 4. The van der Waals surface area contributed by atoms with Crippen LogP contribution in [0.2, 0.25) is 0 Å². The van der Waals surface area contributed by atoms with Crippen LogP contribution in [0.15, 0.2) is 48.5 Å². The van der Waals surface area contributed by atoms with Crippen LogP contribution in [0.4, 0.5) is 27.1 Å². The van der Waals surface area contributed by atoms with Crippen molar-refractivity contribution in [1.82, 2.24) is 0 Å². The standard InChI is InChI=1S/C20H9FN4O8/c21-11-3-1-10(2-4-11)5-14-15-6-12(22(26)27)8-17(24(30)31)19(15)20-16(14)7-13(23(28)29)9-18(20)25(32)33/h1-9H. The first-order chi connectivity index (χ1) is 15.6. The summed E-state index contributed by atoms with van der Waals surface area (Å²) in [4.78, 5) is 42.7.